The molecule has 176 valence electrons. The van der Waals surface area contributed by atoms with Crippen molar-refractivity contribution in [2.75, 3.05) is 26.2 Å². The van der Waals surface area contributed by atoms with Gasteiger partial charge in [0.05, 0.1) is 31.1 Å². The zero-order valence-electron chi connectivity index (χ0n) is 19.3. The van der Waals surface area contributed by atoms with E-state index in [9.17, 15) is 13.2 Å². The lowest BCUT2D eigenvalue weighted by Crippen LogP contribution is -3.00. The largest absolute Gasteiger partial charge is 1.00 e. The first-order valence-electron chi connectivity index (χ1n) is 11.2. The quantitative estimate of drug-likeness (QED) is 0.261. The van der Waals surface area contributed by atoms with Gasteiger partial charge in [-0.3, -0.25) is 9.35 Å². The van der Waals surface area contributed by atoms with Gasteiger partial charge in [0.1, 0.15) is 6.29 Å². The summed E-state index contributed by atoms with van der Waals surface area (Å²) in [6.45, 7) is 15.0. The van der Waals surface area contributed by atoms with E-state index >= 15 is 0 Å². The Labute approximate surface area is 191 Å². The van der Waals surface area contributed by atoms with Gasteiger partial charge < -0.3 is 16.9 Å². The summed E-state index contributed by atoms with van der Waals surface area (Å²) in [5, 5.41) is 0. The van der Waals surface area contributed by atoms with Crippen LogP contribution in [0.25, 0.3) is 0 Å². The highest BCUT2D eigenvalue weighted by Crippen LogP contribution is 2.16. The van der Waals surface area contributed by atoms with Gasteiger partial charge in [-0.25, -0.2) is 0 Å². The highest BCUT2D eigenvalue weighted by Gasteiger charge is 2.24. The first-order chi connectivity index (χ1) is 13.8. The van der Waals surface area contributed by atoms with E-state index in [1.165, 1.54) is 100 Å². The molecule has 1 aromatic carbocycles. The van der Waals surface area contributed by atoms with Crippen LogP contribution in [0.2, 0.25) is 0 Å². The molecule has 0 amide bonds. The molecule has 0 aliphatic heterocycles. The van der Waals surface area contributed by atoms with E-state index in [2.05, 4.69) is 27.7 Å². The molecule has 0 spiro atoms. The Hall–Kier alpha value is -0.950. The maximum Gasteiger partial charge on any atom is 0.294 e. The maximum atomic E-state index is 10.5. The molecule has 0 aromatic heterocycles. The zero-order valence-corrected chi connectivity index (χ0v) is 20.8. The molecule has 0 saturated carbocycles. The third kappa shape index (κ3) is 13.4. The van der Waals surface area contributed by atoms with E-state index in [4.69, 9.17) is 4.55 Å². The Morgan fingerprint density at radius 3 is 1.53 bits per heavy atom. The van der Waals surface area contributed by atoms with Crippen LogP contribution in [-0.2, 0) is 10.1 Å². The molecule has 0 fully saturated rings. The molecule has 30 heavy (non-hydrogen) atoms. The van der Waals surface area contributed by atoms with Crippen LogP contribution in [0.1, 0.15) is 89.4 Å². The number of carbonyl (C=O) groups is 1. The molecule has 5 nitrogen and oxygen atoms in total. The summed E-state index contributed by atoms with van der Waals surface area (Å²) in [6.07, 6.45) is 11.6. The van der Waals surface area contributed by atoms with Crippen molar-refractivity contribution < 1.29 is 34.7 Å². The van der Waals surface area contributed by atoms with Crippen molar-refractivity contribution in [3.05, 3.63) is 29.8 Å². The lowest BCUT2D eigenvalue weighted by atomic mass is 10.1. The van der Waals surface area contributed by atoms with Crippen LogP contribution < -0.4 is 12.4 Å². The van der Waals surface area contributed by atoms with Crippen molar-refractivity contribution in [2.24, 2.45) is 0 Å². The maximum absolute atomic E-state index is 10.5. The number of unbranched alkanes of at least 4 members (excludes halogenated alkanes) is 4. The van der Waals surface area contributed by atoms with Gasteiger partial charge >= 0.3 is 0 Å². The Morgan fingerprint density at radius 2 is 1.23 bits per heavy atom. The number of nitrogens with zero attached hydrogens (tertiary/aromatic N) is 1. The number of halogens is 1. The van der Waals surface area contributed by atoms with E-state index in [1.54, 1.807) is 0 Å². The second-order valence-corrected chi connectivity index (χ2v) is 9.24. The molecule has 0 radical (unpaired) electrons. The van der Waals surface area contributed by atoms with Crippen LogP contribution in [0.4, 0.5) is 0 Å². The Balaban J connectivity index is 0. The molecule has 0 heterocycles. The molecule has 7 heteroatoms. The zero-order chi connectivity index (χ0) is 22.2. The molecule has 1 N–H and O–H groups in total. The van der Waals surface area contributed by atoms with Crippen LogP contribution in [-0.4, -0.2) is 49.9 Å². The molecule has 0 unspecified atom stereocenters. The highest BCUT2D eigenvalue weighted by molar-refractivity contribution is 7.85. The van der Waals surface area contributed by atoms with E-state index in [0.29, 0.717) is 6.29 Å². The lowest BCUT2D eigenvalue weighted by molar-refractivity contribution is -0.929. The average molecular weight is 464 g/mol. The minimum Gasteiger partial charge on any atom is -1.00 e. The molecule has 0 aliphatic carbocycles. The summed E-state index contributed by atoms with van der Waals surface area (Å²) in [5.74, 6) is 0. The van der Waals surface area contributed by atoms with Gasteiger partial charge in [-0.2, -0.15) is 8.42 Å². The minimum absolute atomic E-state index is 0. The van der Waals surface area contributed by atoms with Gasteiger partial charge in [-0.15, -0.1) is 0 Å². The fraction of sp³-hybridized carbons (Fsp3) is 0.696. The molecule has 1 rings (SSSR count). The topological polar surface area (TPSA) is 71.4 Å². The number of hydrogen-bond donors (Lipinski definition) is 1. The average Bonchev–Trinajstić information content (AvgIpc) is 2.72. The second-order valence-electron chi connectivity index (χ2n) is 7.82. The first-order valence-corrected chi connectivity index (χ1v) is 12.6. The van der Waals surface area contributed by atoms with E-state index in [0.717, 1.165) is 6.07 Å². The summed E-state index contributed by atoms with van der Waals surface area (Å²) in [4.78, 5) is 9.94. The molecular formula is C23H42ClNO4S. The van der Waals surface area contributed by atoms with E-state index in [-0.39, 0.29) is 22.9 Å². The number of aldehydes is 1. The summed E-state index contributed by atoms with van der Waals surface area (Å²) in [5.41, 5.74) is 0.213. The van der Waals surface area contributed by atoms with Gasteiger partial charge in [0, 0.05) is 5.56 Å². The fourth-order valence-corrected chi connectivity index (χ4v) is 3.93. The molecule has 0 atom stereocenters. The van der Waals surface area contributed by atoms with Gasteiger partial charge in [0.15, 0.2) is 0 Å². The van der Waals surface area contributed by atoms with Crippen molar-refractivity contribution in [3.63, 3.8) is 0 Å². The normalized spacial score (nSPS) is 11.2. The summed E-state index contributed by atoms with van der Waals surface area (Å²) < 4.78 is 31.1. The summed E-state index contributed by atoms with van der Waals surface area (Å²) in [7, 11) is -4.19. The van der Waals surface area contributed by atoms with Crippen molar-refractivity contribution >= 4 is 16.4 Å². The summed E-state index contributed by atoms with van der Waals surface area (Å²) in [6, 6.07) is 5.14. The van der Waals surface area contributed by atoms with Gasteiger partial charge in [-0.05, 0) is 37.8 Å². The monoisotopic (exact) mass is 463 g/mol. The van der Waals surface area contributed by atoms with Crippen LogP contribution >= 0.6 is 0 Å². The number of quaternary nitrogens is 1. The predicted molar refractivity (Wildman–Crippen MR) is 121 cm³/mol. The smallest absolute Gasteiger partial charge is 0.294 e. The molecule has 1 aromatic rings. The number of rotatable bonds is 14. The van der Waals surface area contributed by atoms with Crippen molar-refractivity contribution in [3.8, 4) is 0 Å². The first kappa shape index (κ1) is 31.2. The van der Waals surface area contributed by atoms with Crippen LogP contribution in [0.5, 0.6) is 0 Å². The van der Waals surface area contributed by atoms with Crippen molar-refractivity contribution in [1.82, 2.24) is 0 Å². The third-order valence-corrected chi connectivity index (χ3v) is 6.09. The van der Waals surface area contributed by atoms with Gasteiger partial charge in [0.25, 0.3) is 10.1 Å². The Kier molecular flexibility index (Phi) is 18.4. The molecule has 0 saturated heterocycles. The van der Waals surface area contributed by atoms with Gasteiger partial charge in [-0.1, -0.05) is 65.5 Å². The molecule has 0 aliphatic rings. The Bertz CT molecular complexity index is 627. The number of hydrogen-bond acceptors (Lipinski definition) is 3. The third-order valence-electron chi connectivity index (χ3n) is 5.24. The molecular weight excluding hydrogens is 422 g/mol. The number of benzene rings is 1. The minimum atomic E-state index is -4.19. The van der Waals surface area contributed by atoms with Crippen LogP contribution in [0.15, 0.2) is 29.2 Å². The highest BCUT2D eigenvalue weighted by atomic mass is 35.5. The second kappa shape index (κ2) is 17.7. The summed E-state index contributed by atoms with van der Waals surface area (Å²) >= 11 is 0. The van der Waals surface area contributed by atoms with Gasteiger partial charge in [0.2, 0.25) is 0 Å². The molecule has 0 bridgehead atoms. The number of carbonyl (C=O) groups excluding carboxylic acids is 1. The predicted octanol–water partition coefficient (Wildman–Crippen LogP) is 2.75. The fourth-order valence-electron chi connectivity index (χ4n) is 3.39. The van der Waals surface area contributed by atoms with E-state index < -0.39 is 10.1 Å². The standard InChI is InChI=1S/C16H36N.C7H6O4S.ClH/c1-5-9-13-17(14-10-6-2,15-11-7-3)16-12-8-4;8-5-6-2-1-3-7(4-6)12(9,10)11;/h5-16H2,1-4H3;1-5H,(H,9,10,11);1H/q+1;;/p-1. The van der Waals surface area contributed by atoms with Crippen LogP contribution in [0, 0.1) is 0 Å². The van der Waals surface area contributed by atoms with Crippen molar-refractivity contribution in [1.29, 1.82) is 0 Å². The SMILES string of the molecule is CCCC[N+](CCCC)(CCCC)CCCC.O=Cc1cccc(S(=O)(=O)O)c1.[Cl-]. The van der Waals surface area contributed by atoms with E-state index in [1.807, 2.05) is 0 Å². The lowest BCUT2D eigenvalue weighted by Gasteiger charge is -2.39. The Morgan fingerprint density at radius 1 is 0.833 bits per heavy atom. The van der Waals surface area contributed by atoms with Crippen molar-refractivity contribution in [2.45, 2.75) is 84.0 Å². The van der Waals surface area contributed by atoms with Crippen LogP contribution in [0.3, 0.4) is 0 Å².